The molecule has 0 aliphatic heterocycles. The summed E-state index contributed by atoms with van der Waals surface area (Å²) in [5.41, 5.74) is 6.81. The first-order valence-corrected chi connectivity index (χ1v) is 7.29. The largest absolute Gasteiger partial charge is 0.353 e. The highest BCUT2D eigenvalue weighted by molar-refractivity contribution is 6.31. The molecule has 2 atom stereocenters. The lowest BCUT2D eigenvalue weighted by molar-refractivity contribution is -0.122. The number of rotatable bonds is 7. The fourth-order valence-corrected chi connectivity index (χ4v) is 2.35. The monoisotopic (exact) mass is 333 g/mol. The number of benzene rings is 1. The third-order valence-corrected chi connectivity index (χ3v) is 3.64. The van der Waals surface area contributed by atoms with Gasteiger partial charge in [-0.25, -0.2) is 0 Å². The lowest BCUT2D eigenvalue weighted by Crippen LogP contribution is -2.43. The Balaban J connectivity index is 0.00000400. The third-order valence-electron chi connectivity index (χ3n) is 3.29. The minimum absolute atomic E-state index is 0. The SMILES string of the molecule is CCCC(N)C(=O)NCC(c1ccccc1Cl)N(C)C.Cl. The highest BCUT2D eigenvalue weighted by Crippen LogP contribution is 2.25. The Morgan fingerprint density at radius 3 is 2.52 bits per heavy atom. The first kappa shape index (κ1) is 20.2. The molecule has 21 heavy (non-hydrogen) atoms. The minimum atomic E-state index is -0.436. The fourth-order valence-electron chi connectivity index (χ4n) is 2.09. The summed E-state index contributed by atoms with van der Waals surface area (Å²) < 4.78 is 0. The Morgan fingerprint density at radius 2 is 2.00 bits per heavy atom. The number of carbonyl (C=O) groups excluding carboxylic acids is 1. The van der Waals surface area contributed by atoms with Crippen LogP contribution in [0.15, 0.2) is 24.3 Å². The van der Waals surface area contributed by atoms with E-state index < -0.39 is 6.04 Å². The standard InChI is InChI=1S/C15H24ClN3O.ClH/c1-4-7-13(17)15(20)18-10-14(19(2)3)11-8-5-6-9-12(11)16;/h5-6,8-9,13-14H,4,7,10,17H2,1-3H3,(H,18,20);1H. The molecule has 2 unspecified atom stereocenters. The van der Waals surface area contributed by atoms with Crippen molar-refractivity contribution in [2.45, 2.75) is 31.8 Å². The van der Waals surface area contributed by atoms with Crippen LogP contribution in [0, 0.1) is 0 Å². The Labute approximate surface area is 138 Å². The molecule has 1 rings (SSSR count). The number of hydrogen-bond acceptors (Lipinski definition) is 3. The maximum absolute atomic E-state index is 11.9. The first-order chi connectivity index (χ1) is 9.47. The molecule has 0 aromatic heterocycles. The van der Waals surface area contributed by atoms with Gasteiger partial charge in [0.25, 0.3) is 0 Å². The maximum Gasteiger partial charge on any atom is 0.236 e. The third kappa shape index (κ3) is 6.22. The summed E-state index contributed by atoms with van der Waals surface area (Å²) in [7, 11) is 3.93. The molecule has 0 spiro atoms. The molecular formula is C15H25Cl2N3O. The minimum Gasteiger partial charge on any atom is -0.353 e. The molecule has 3 N–H and O–H groups in total. The van der Waals surface area contributed by atoms with Gasteiger partial charge in [0, 0.05) is 11.6 Å². The molecule has 120 valence electrons. The Hall–Kier alpha value is -0.810. The number of hydrogen-bond donors (Lipinski definition) is 2. The second-order valence-electron chi connectivity index (χ2n) is 5.14. The van der Waals surface area contributed by atoms with E-state index in [0.717, 1.165) is 12.0 Å². The van der Waals surface area contributed by atoms with E-state index in [1.54, 1.807) is 0 Å². The zero-order valence-electron chi connectivity index (χ0n) is 12.8. The number of nitrogens with two attached hydrogens (primary N) is 1. The van der Waals surface area contributed by atoms with Crippen molar-refractivity contribution in [3.8, 4) is 0 Å². The molecule has 0 radical (unpaired) electrons. The van der Waals surface area contributed by atoms with Gasteiger partial charge >= 0.3 is 0 Å². The summed E-state index contributed by atoms with van der Waals surface area (Å²) in [6, 6.07) is 7.27. The van der Waals surface area contributed by atoms with E-state index in [9.17, 15) is 4.79 Å². The van der Waals surface area contributed by atoms with Gasteiger partial charge in [-0.1, -0.05) is 43.1 Å². The van der Waals surface area contributed by atoms with Gasteiger partial charge in [-0.3, -0.25) is 4.79 Å². The van der Waals surface area contributed by atoms with Crippen LogP contribution in [0.4, 0.5) is 0 Å². The van der Waals surface area contributed by atoms with E-state index >= 15 is 0 Å². The predicted molar refractivity (Wildman–Crippen MR) is 91.0 cm³/mol. The highest BCUT2D eigenvalue weighted by Gasteiger charge is 2.19. The number of halogens is 2. The lowest BCUT2D eigenvalue weighted by atomic mass is 10.1. The van der Waals surface area contributed by atoms with E-state index in [1.165, 1.54) is 0 Å². The Bertz CT molecular complexity index is 441. The zero-order valence-corrected chi connectivity index (χ0v) is 14.4. The van der Waals surface area contributed by atoms with Crippen molar-refractivity contribution in [1.82, 2.24) is 10.2 Å². The molecule has 0 heterocycles. The summed E-state index contributed by atoms with van der Waals surface area (Å²) in [5, 5.41) is 3.62. The van der Waals surface area contributed by atoms with Gasteiger partial charge in [0.05, 0.1) is 12.1 Å². The van der Waals surface area contributed by atoms with Crippen molar-refractivity contribution in [2.75, 3.05) is 20.6 Å². The van der Waals surface area contributed by atoms with Crippen LogP contribution in [0.1, 0.15) is 31.4 Å². The molecule has 4 nitrogen and oxygen atoms in total. The van der Waals surface area contributed by atoms with E-state index in [0.29, 0.717) is 18.0 Å². The van der Waals surface area contributed by atoms with Crippen molar-refractivity contribution < 1.29 is 4.79 Å². The van der Waals surface area contributed by atoms with Crippen molar-refractivity contribution in [1.29, 1.82) is 0 Å². The average Bonchev–Trinajstić information content (AvgIpc) is 2.40. The van der Waals surface area contributed by atoms with Gasteiger partial charge in [0.2, 0.25) is 5.91 Å². The molecule has 0 fully saturated rings. The van der Waals surface area contributed by atoms with Crippen LogP contribution < -0.4 is 11.1 Å². The number of nitrogens with zero attached hydrogens (tertiary/aromatic N) is 1. The zero-order chi connectivity index (χ0) is 15.1. The molecule has 0 aliphatic carbocycles. The van der Waals surface area contributed by atoms with Crippen LogP contribution in [-0.4, -0.2) is 37.5 Å². The second kappa shape index (κ2) is 10.0. The number of carbonyl (C=O) groups is 1. The average molecular weight is 334 g/mol. The normalized spacial score (nSPS) is 13.4. The van der Waals surface area contributed by atoms with E-state index in [-0.39, 0.29) is 24.4 Å². The first-order valence-electron chi connectivity index (χ1n) is 6.91. The smallest absolute Gasteiger partial charge is 0.236 e. The maximum atomic E-state index is 11.9. The fraction of sp³-hybridized carbons (Fsp3) is 0.533. The Morgan fingerprint density at radius 1 is 1.38 bits per heavy atom. The molecule has 0 saturated heterocycles. The van der Waals surface area contributed by atoms with Gasteiger partial charge in [-0.15, -0.1) is 12.4 Å². The van der Waals surface area contributed by atoms with Crippen molar-refractivity contribution in [3.05, 3.63) is 34.9 Å². The number of nitrogens with one attached hydrogen (secondary N) is 1. The van der Waals surface area contributed by atoms with Crippen LogP contribution in [0.25, 0.3) is 0 Å². The van der Waals surface area contributed by atoms with Crippen LogP contribution in [0.5, 0.6) is 0 Å². The quantitative estimate of drug-likeness (QED) is 0.806. The molecule has 0 aliphatic rings. The van der Waals surface area contributed by atoms with Crippen LogP contribution in [0.2, 0.25) is 5.02 Å². The molecule has 1 aromatic rings. The molecule has 1 aromatic carbocycles. The summed E-state index contributed by atoms with van der Waals surface area (Å²) in [6.45, 7) is 2.51. The second-order valence-corrected chi connectivity index (χ2v) is 5.55. The van der Waals surface area contributed by atoms with Crippen molar-refractivity contribution in [3.63, 3.8) is 0 Å². The molecule has 0 bridgehead atoms. The predicted octanol–water partition coefficient (Wildman–Crippen LogP) is 2.61. The van der Waals surface area contributed by atoms with Gasteiger partial charge in [0.1, 0.15) is 0 Å². The highest BCUT2D eigenvalue weighted by atomic mass is 35.5. The number of likely N-dealkylation sites (N-methyl/N-ethyl adjacent to an activating group) is 1. The number of amides is 1. The van der Waals surface area contributed by atoms with Crippen LogP contribution in [-0.2, 0) is 4.79 Å². The van der Waals surface area contributed by atoms with Gasteiger partial charge in [-0.05, 0) is 32.1 Å². The van der Waals surface area contributed by atoms with Gasteiger partial charge < -0.3 is 16.0 Å². The van der Waals surface area contributed by atoms with Gasteiger partial charge in [0.15, 0.2) is 0 Å². The lowest BCUT2D eigenvalue weighted by Gasteiger charge is -2.26. The molecular weight excluding hydrogens is 309 g/mol. The summed E-state index contributed by atoms with van der Waals surface area (Å²) in [4.78, 5) is 13.9. The summed E-state index contributed by atoms with van der Waals surface area (Å²) >= 11 is 6.23. The van der Waals surface area contributed by atoms with Crippen molar-refractivity contribution >= 4 is 29.9 Å². The molecule has 0 saturated carbocycles. The van der Waals surface area contributed by atoms with E-state index in [2.05, 4.69) is 5.32 Å². The van der Waals surface area contributed by atoms with E-state index in [4.69, 9.17) is 17.3 Å². The summed E-state index contributed by atoms with van der Waals surface area (Å²) in [5.74, 6) is -0.106. The molecule has 1 amide bonds. The summed E-state index contributed by atoms with van der Waals surface area (Å²) in [6.07, 6.45) is 1.60. The molecule has 6 heteroatoms. The topological polar surface area (TPSA) is 58.4 Å². The van der Waals surface area contributed by atoms with Crippen LogP contribution in [0.3, 0.4) is 0 Å². The Kier molecular flexibility index (Phi) is 9.62. The van der Waals surface area contributed by atoms with E-state index in [1.807, 2.05) is 50.2 Å². The van der Waals surface area contributed by atoms with Gasteiger partial charge in [-0.2, -0.15) is 0 Å². The van der Waals surface area contributed by atoms with Crippen molar-refractivity contribution in [2.24, 2.45) is 5.73 Å². The van der Waals surface area contributed by atoms with Crippen LogP contribution >= 0.6 is 24.0 Å².